The van der Waals surface area contributed by atoms with E-state index >= 15 is 0 Å². The fraction of sp³-hybridized carbons (Fsp3) is 0.125. The summed E-state index contributed by atoms with van der Waals surface area (Å²) in [5.41, 5.74) is 8.85. The first-order chi connectivity index (χ1) is 16.0. The number of aromatic nitrogens is 4. The molecule has 4 aromatic rings. The number of ether oxygens (including phenoxy) is 1. The number of imidazole rings is 1. The molecule has 0 fully saturated rings. The molecule has 2 aromatic heterocycles. The number of nitrogens with zero attached hydrogens (tertiary/aromatic N) is 5. The molecule has 2 N–H and O–H groups in total. The molecule has 165 valence electrons. The molecule has 0 atom stereocenters. The van der Waals surface area contributed by atoms with Crippen LogP contribution in [0.4, 0.5) is 5.69 Å². The number of amides is 2. The van der Waals surface area contributed by atoms with Crippen molar-refractivity contribution in [3.8, 4) is 17.1 Å². The van der Waals surface area contributed by atoms with E-state index in [1.54, 1.807) is 42.5 Å². The van der Waals surface area contributed by atoms with Crippen molar-refractivity contribution in [2.24, 2.45) is 5.73 Å². The van der Waals surface area contributed by atoms with Crippen LogP contribution in [0.1, 0.15) is 32.4 Å². The molecule has 9 nitrogen and oxygen atoms in total. The van der Waals surface area contributed by atoms with Gasteiger partial charge in [-0.2, -0.15) is 5.10 Å². The van der Waals surface area contributed by atoms with Crippen molar-refractivity contribution in [2.45, 2.75) is 6.42 Å². The predicted molar refractivity (Wildman–Crippen MR) is 122 cm³/mol. The van der Waals surface area contributed by atoms with Crippen molar-refractivity contribution >= 4 is 17.5 Å². The number of methoxy groups -OCH3 is 1. The predicted octanol–water partition coefficient (Wildman–Crippen LogP) is 2.55. The second-order valence-corrected chi connectivity index (χ2v) is 7.59. The molecule has 0 unspecified atom stereocenters. The summed E-state index contributed by atoms with van der Waals surface area (Å²) in [7, 11) is 1.58. The SMILES string of the molecule is [CH2]c1nccn1-c1ccc(N2CCc3c(C(N)=O)nn(-c4ccc(OC)cc4)c3C2=O)cc1. The lowest BCUT2D eigenvalue weighted by molar-refractivity contribution is 0.0972. The van der Waals surface area contributed by atoms with Crippen molar-refractivity contribution in [3.05, 3.63) is 90.6 Å². The summed E-state index contributed by atoms with van der Waals surface area (Å²) in [4.78, 5) is 31.5. The molecule has 5 rings (SSSR count). The van der Waals surface area contributed by atoms with Crippen molar-refractivity contribution in [1.82, 2.24) is 19.3 Å². The van der Waals surface area contributed by atoms with Gasteiger partial charge in [-0.15, -0.1) is 0 Å². The number of fused-ring (bicyclic) bond motifs is 1. The highest BCUT2D eigenvalue weighted by molar-refractivity contribution is 6.09. The zero-order chi connectivity index (χ0) is 23.1. The Morgan fingerprint density at radius 2 is 1.73 bits per heavy atom. The zero-order valence-electron chi connectivity index (χ0n) is 17.9. The Morgan fingerprint density at radius 1 is 1.06 bits per heavy atom. The first-order valence-electron chi connectivity index (χ1n) is 10.3. The number of carbonyl (C=O) groups excluding carboxylic acids is 2. The Hall–Kier alpha value is -4.40. The molecule has 0 aliphatic carbocycles. The van der Waals surface area contributed by atoms with Crippen LogP contribution in [0.25, 0.3) is 11.4 Å². The minimum absolute atomic E-state index is 0.118. The Bertz CT molecular complexity index is 1350. The Labute approximate surface area is 190 Å². The molecule has 1 aliphatic rings. The third kappa shape index (κ3) is 3.43. The Morgan fingerprint density at radius 3 is 2.33 bits per heavy atom. The van der Waals surface area contributed by atoms with Gasteiger partial charge in [0.25, 0.3) is 11.8 Å². The first kappa shape index (κ1) is 20.5. The van der Waals surface area contributed by atoms with Crippen LogP contribution in [0, 0.1) is 6.92 Å². The maximum absolute atomic E-state index is 13.6. The van der Waals surface area contributed by atoms with E-state index in [1.807, 2.05) is 35.0 Å². The molecular formula is C24H21N6O3. The first-order valence-corrected chi connectivity index (χ1v) is 10.3. The van der Waals surface area contributed by atoms with Gasteiger partial charge >= 0.3 is 0 Å². The third-order valence-electron chi connectivity index (χ3n) is 5.72. The van der Waals surface area contributed by atoms with Gasteiger partial charge in [0, 0.05) is 42.8 Å². The monoisotopic (exact) mass is 441 g/mol. The number of rotatable bonds is 5. The van der Waals surface area contributed by atoms with Gasteiger partial charge in [0.1, 0.15) is 17.3 Å². The van der Waals surface area contributed by atoms with Crippen LogP contribution in [0.3, 0.4) is 0 Å². The number of anilines is 1. The number of hydrogen-bond donors (Lipinski definition) is 1. The van der Waals surface area contributed by atoms with Crippen molar-refractivity contribution in [2.75, 3.05) is 18.6 Å². The van der Waals surface area contributed by atoms with Gasteiger partial charge in [-0.3, -0.25) is 9.59 Å². The van der Waals surface area contributed by atoms with Crippen LogP contribution in [0.5, 0.6) is 5.75 Å². The summed E-state index contributed by atoms with van der Waals surface area (Å²) in [5, 5.41) is 4.39. The van der Waals surface area contributed by atoms with Crippen LogP contribution < -0.4 is 15.4 Å². The molecule has 2 aromatic carbocycles. The van der Waals surface area contributed by atoms with E-state index in [2.05, 4.69) is 17.0 Å². The van der Waals surface area contributed by atoms with E-state index in [0.717, 1.165) is 11.4 Å². The molecule has 0 saturated heterocycles. The molecule has 33 heavy (non-hydrogen) atoms. The molecule has 1 radical (unpaired) electrons. The normalized spacial score (nSPS) is 13.2. The van der Waals surface area contributed by atoms with Gasteiger partial charge in [0.05, 0.1) is 12.8 Å². The number of primary amides is 1. The van der Waals surface area contributed by atoms with Crippen molar-refractivity contribution in [3.63, 3.8) is 0 Å². The number of benzene rings is 2. The van der Waals surface area contributed by atoms with E-state index in [0.29, 0.717) is 41.5 Å². The summed E-state index contributed by atoms with van der Waals surface area (Å²) in [6.45, 7) is 4.31. The molecular weight excluding hydrogens is 420 g/mol. The summed E-state index contributed by atoms with van der Waals surface area (Å²) in [6.07, 6.45) is 3.97. The molecule has 0 saturated carbocycles. The average Bonchev–Trinajstić information content (AvgIpc) is 3.44. The summed E-state index contributed by atoms with van der Waals surface area (Å²) in [5.74, 6) is 0.392. The van der Waals surface area contributed by atoms with Crippen LogP contribution >= 0.6 is 0 Å². The zero-order valence-corrected chi connectivity index (χ0v) is 17.9. The molecule has 2 amide bonds. The highest BCUT2D eigenvalue weighted by Crippen LogP contribution is 2.29. The molecule has 0 spiro atoms. The van der Waals surface area contributed by atoms with Gasteiger partial charge in [-0.1, -0.05) is 0 Å². The summed E-state index contributed by atoms with van der Waals surface area (Å²) >= 11 is 0. The van der Waals surface area contributed by atoms with E-state index in [4.69, 9.17) is 10.5 Å². The summed E-state index contributed by atoms with van der Waals surface area (Å²) in [6, 6.07) is 14.7. The average molecular weight is 441 g/mol. The van der Waals surface area contributed by atoms with E-state index in [-0.39, 0.29) is 11.6 Å². The van der Waals surface area contributed by atoms with Gasteiger partial charge in [0.2, 0.25) is 0 Å². The van der Waals surface area contributed by atoms with Crippen molar-refractivity contribution < 1.29 is 14.3 Å². The van der Waals surface area contributed by atoms with Crippen LogP contribution in [-0.4, -0.2) is 44.8 Å². The Kier molecular flexibility index (Phi) is 4.93. The maximum atomic E-state index is 13.6. The second-order valence-electron chi connectivity index (χ2n) is 7.59. The smallest absolute Gasteiger partial charge is 0.277 e. The Balaban J connectivity index is 1.54. The second kappa shape index (κ2) is 7.94. The largest absolute Gasteiger partial charge is 0.497 e. The fourth-order valence-corrected chi connectivity index (χ4v) is 4.08. The lowest BCUT2D eigenvalue weighted by atomic mass is 10.0. The van der Waals surface area contributed by atoms with Gasteiger partial charge in [-0.25, -0.2) is 9.67 Å². The minimum atomic E-state index is -0.659. The molecule has 1 aliphatic heterocycles. The molecule has 9 heteroatoms. The highest BCUT2D eigenvalue weighted by atomic mass is 16.5. The lowest BCUT2D eigenvalue weighted by Crippen LogP contribution is -2.39. The van der Waals surface area contributed by atoms with Crippen LogP contribution in [-0.2, 0) is 6.42 Å². The molecule has 3 heterocycles. The topological polar surface area (TPSA) is 108 Å². The standard InChI is InChI=1S/C24H21N6O3/c1-15-26-12-14-28(15)16-3-5-17(6-4-16)29-13-11-20-21(23(25)31)27-30(22(20)24(29)32)18-7-9-19(33-2)10-8-18/h3-10,12,14H,1,11,13H2,2H3,(H2,25,31). The number of hydrogen-bond acceptors (Lipinski definition) is 5. The quantitative estimate of drug-likeness (QED) is 0.512. The fourth-order valence-electron chi connectivity index (χ4n) is 4.08. The number of nitrogens with two attached hydrogens (primary N) is 1. The van der Waals surface area contributed by atoms with Crippen LogP contribution in [0.15, 0.2) is 60.9 Å². The van der Waals surface area contributed by atoms with Gasteiger partial charge in [0.15, 0.2) is 5.69 Å². The lowest BCUT2D eigenvalue weighted by Gasteiger charge is -2.28. The number of carbonyl (C=O) groups is 2. The van der Waals surface area contributed by atoms with Crippen LogP contribution in [0.2, 0.25) is 0 Å². The third-order valence-corrected chi connectivity index (χ3v) is 5.72. The van der Waals surface area contributed by atoms with E-state index in [1.165, 1.54) is 4.68 Å². The minimum Gasteiger partial charge on any atom is -0.497 e. The van der Waals surface area contributed by atoms with E-state index in [9.17, 15) is 9.59 Å². The van der Waals surface area contributed by atoms with Gasteiger partial charge in [-0.05, 0) is 55.0 Å². The summed E-state index contributed by atoms with van der Waals surface area (Å²) < 4.78 is 8.56. The van der Waals surface area contributed by atoms with E-state index < -0.39 is 5.91 Å². The van der Waals surface area contributed by atoms with Gasteiger partial charge < -0.3 is 19.9 Å². The molecule has 0 bridgehead atoms. The highest BCUT2D eigenvalue weighted by Gasteiger charge is 2.34. The van der Waals surface area contributed by atoms with Crippen molar-refractivity contribution in [1.29, 1.82) is 0 Å². The maximum Gasteiger partial charge on any atom is 0.277 e.